The van der Waals surface area contributed by atoms with Crippen molar-refractivity contribution in [1.29, 1.82) is 0 Å². The summed E-state index contributed by atoms with van der Waals surface area (Å²) in [6, 6.07) is 9.31. The highest BCUT2D eigenvalue weighted by Crippen LogP contribution is 2.28. The number of carbonyl (C=O) groups is 1. The summed E-state index contributed by atoms with van der Waals surface area (Å²) >= 11 is 16.8. The van der Waals surface area contributed by atoms with Gasteiger partial charge in [0.1, 0.15) is 12.4 Å². The number of aliphatic hydroxyl groups is 1. The van der Waals surface area contributed by atoms with Gasteiger partial charge in [0.25, 0.3) is 0 Å². The first-order valence-corrected chi connectivity index (χ1v) is 9.44. The van der Waals surface area contributed by atoms with Crippen molar-refractivity contribution < 1.29 is 14.6 Å². The standard InChI is InChI=1S/C18H22Cl3N3O3/c1-17(2,3)14-10-15(22-16(26)27-11-18(19,20)21)24(23-14)13-6-4-5-12(9-13)7-8-25/h4-6,9-10,25H,7-8,11H2,1-3H3,(H,22,26). The summed E-state index contributed by atoms with van der Waals surface area (Å²) in [4.78, 5) is 12.1. The Kier molecular flexibility index (Phi) is 7.03. The first kappa shape index (κ1) is 21.8. The molecule has 0 spiro atoms. The molecular weight excluding hydrogens is 413 g/mol. The zero-order valence-electron chi connectivity index (χ0n) is 15.3. The van der Waals surface area contributed by atoms with Gasteiger partial charge >= 0.3 is 6.09 Å². The van der Waals surface area contributed by atoms with Crippen LogP contribution in [0.15, 0.2) is 30.3 Å². The minimum absolute atomic E-state index is 0.0459. The quantitative estimate of drug-likeness (QED) is 0.673. The number of amides is 1. The molecule has 1 aromatic carbocycles. The lowest BCUT2D eigenvalue weighted by Crippen LogP contribution is -2.22. The summed E-state index contributed by atoms with van der Waals surface area (Å²) in [5.74, 6) is 0.426. The van der Waals surface area contributed by atoms with Crippen LogP contribution in [0.2, 0.25) is 0 Å². The number of hydrogen-bond donors (Lipinski definition) is 2. The minimum atomic E-state index is -1.69. The molecule has 0 aliphatic heterocycles. The topological polar surface area (TPSA) is 76.4 Å². The Morgan fingerprint density at radius 3 is 2.56 bits per heavy atom. The van der Waals surface area contributed by atoms with Crippen molar-refractivity contribution >= 4 is 46.7 Å². The average molecular weight is 435 g/mol. The van der Waals surface area contributed by atoms with Crippen molar-refractivity contribution in [1.82, 2.24) is 9.78 Å². The molecule has 0 fully saturated rings. The van der Waals surface area contributed by atoms with E-state index in [9.17, 15) is 4.79 Å². The smallest absolute Gasteiger partial charge is 0.412 e. The summed E-state index contributed by atoms with van der Waals surface area (Å²) in [6.07, 6.45) is -0.232. The summed E-state index contributed by atoms with van der Waals surface area (Å²) in [5, 5.41) is 16.4. The highest BCUT2D eigenvalue weighted by Gasteiger charge is 2.24. The van der Waals surface area contributed by atoms with E-state index in [0.29, 0.717) is 12.2 Å². The van der Waals surface area contributed by atoms with Gasteiger partial charge in [0.2, 0.25) is 3.79 Å². The van der Waals surface area contributed by atoms with Gasteiger partial charge in [0, 0.05) is 18.1 Å². The molecule has 0 aliphatic rings. The van der Waals surface area contributed by atoms with Gasteiger partial charge in [-0.1, -0.05) is 67.7 Å². The number of benzene rings is 1. The van der Waals surface area contributed by atoms with E-state index in [1.807, 2.05) is 45.0 Å². The van der Waals surface area contributed by atoms with Gasteiger partial charge in [0.15, 0.2) is 0 Å². The van der Waals surface area contributed by atoms with Crippen LogP contribution in [0.3, 0.4) is 0 Å². The summed E-state index contributed by atoms with van der Waals surface area (Å²) < 4.78 is 4.86. The molecule has 27 heavy (non-hydrogen) atoms. The van der Waals surface area contributed by atoms with E-state index in [4.69, 9.17) is 44.6 Å². The Bertz CT molecular complexity index is 795. The number of alkyl halides is 3. The normalized spacial score (nSPS) is 12.1. The van der Waals surface area contributed by atoms with E-state index >= 15 is 0 Å². The van der Waals surface area contributed by atoms with E-state index in [-0.39, 0.29) is 18.6 Å². The number of aliphatic hydroxyl groups excluding tert-OH is 1. The van der Waals surface area contributed by atoms with Crippen LogP contribution in [-0.2, 0) is 16.6 Å². The molecule has 0 atom stereocenters. The van der Waals surface area contributed by atoms with Crippen LogP contribution in [0.1, 0.15) is 32.0 Å². The molecule has 9 heteroatoms. The summed E-state index contributed by atoms with van der Waals surface area (Å²) in [6.45, 7) is 5.73. The second-order valence-corrected chi connectivity index (χ2v) is 9.55. The Hall–Kier alpha value is -1.47. The molecule has 2 rings (SSSR count). The van der Waals surface area contributed by atoms with Crippen LogP contribution in [-0.4, -0.2) is 38.0 Å². The van der Waals surface area contributed by atoms with Gasteiger partial charge in [0.05, 0.1) is 11.4 Å². The fraction of sp³-hybridized carbons (Fsp3) is 0.444. The third kappa shape index (κ3) is 6.57. The van der Waals surface area contributed by atoms with Gasteiger partial charge < -0.3 is 9.84 Å². The lowest BCUT2D eigenvalue weighted by molar-refractivity contribution is 0.163. The Morgan fingerprint density at radius 1 is 1.26 bits per heavy atom. The van der Waals surface area contributed by atoms with Crippen LogP contribution in [0.25, 0.3) is 5.69 Å². The molecular formula is C18H22Cl3N3O3. The molecule has 1 heterocycles. The number of halogens is 3. The van der Waals surface area contributed by atoms with Crippen LogP contribution < -0.4 is 5.32 Å². The molecule has 0 unspecified atom stereocenters. The molecule has 6 nitrogen and oxygen atoms in total. The summed E-state index contributed by atoms with van der Waals surface area (Å²) in [7, 11) is 0. The molecule has 0 radical (unpaired) electrons. The van der Waals surface area contributed by atoms with Crippen molar-refractivity contribution in [2.24, 2.45) is 0 Å². The first-order valence-electron chi connectivity index (χ1n) is 8.31. The highest BCUT2D eigenvalue weighted by atomic mass is 35.6. The molecule has 148 valence electrons. The van der Waals surface area contributed by atoms with E-state index in [0.717, 1.165) is 16.9 Å². The van der Waals surface area contributed by atoms with Crippen molar-refractivity contribution in [2.75, 3.05) is 18.5 Å². The second-order valence-electron chi connectivity index (χ2n) is 7.04. The Balaban J connectivity index is 2.34. The average Bonchev–Trinajstić information content (AvgIpc) is 2.97. The zero-order chi connectivity index (χ0) is 20.2. The van der Waals surface area contributed by atoms with Gasteiger partial charge in [-0.2, -0.15) is 5.10 Å². The maximum absolute atomic E-state index is 12.1. The number of nitrogens with one attached hydrogen (secondary N) is 1. The van der Waals surface area contributed by atoms with Crippen molar-refractivity contribution in [3.05, 3.63) is 41.6 Å². The molecule has 1 amide bonds. The molecule has 2 aromatic rings. The number of aromatic nitrogens is 2. The SMILES string of the molecule is CC(C)(C)c1cc(NC(=O)OCC(Cl)(Cl)Cl)n(-c2cccc(CCO)c2)n1. The Labute approximate surface area is 173 Å². The Morgan fingerprint density at radius 2 is 1.96 bits per heavy atom. The van der Waals surface area contributed by atoms with Crippen LogP contribution in [0, 0.1) is 0 Å². The zero-order valence-corrected chi connectivity index (χ0v) is 17.6. The number of anilines is 1. The fourth-order valence-corrected chi connectivity index (χ4v) is 2.46. The number of nitrogens with zero attached hydrogens (tertiary/aromatic N) is 2. The summed E-state index contributed by atoms with van der Waals surface area (Å²) in [5.41, 5.74) is 2.25. The van der Waals surface area contributed by atoms with Crippen LogP contribution in [0.5, 0.6) is 0 Å². The number of hydrogen-bond acceptors (Lipinski definition) is 4. The molecule has 0 aliphatic carbocycles. The maximum atomic E-state index is 12.1. The molecule has 2 N–H and O–H groups in total. The predicted molar refractivity (Wildman–Crippen MR) is 108 cm³/mol. The fourth-order valence-electron chi connectivity index (χ4n) is 2.29. The second kappa shape index (κ2) is 8.69. The molecule has 0 saturated heterocycles. The van der Waals surface area contributed by atoms with Crippen LogP contribution in [0.4, 0.5) is 10.6 Å². The molecule has 1 aromatic heterocycles. The lowest BCUT2D eigenvalue weighted by Gasteiger charge is -2.14. The van der Waals surface area contributed by atoms with Crippen LogP contribution >= 0.6 is 34.8 Å². The predicted octanol–water partition coefficient (Wildman–Crippen LogP) is 4.62. The highest BCUT2D eigenvalue weighted by molar-refractivity contribution is 6.67. The van der Waals surface area contributed by atoms with Gasteiger partial charge in [-0.05, 0) is 24.1 Å². The van der Waals surface area contributed by atoms with E-state index in [1.165, 1.54) is 0 Å². The lowest BCUT2D eigenvalue weighted by atomic mass is 9.92. The van der Waals surface area contributed by atoms with Gasteiger partial charge in [-0.15, -0.1) is 0 Å². The van der Waals surface area contributed by atoms with E-state index in [2.05, 4.69) is 10.4 Å². The van der Waals surface area contributed by atoms with E-state index < -0.39 is 9.89 Å². The maximum Gasteiger partial charge on any atom is 0.412 e. The van der Waals surface area contributed by atoms with Gasteiger partial charge in [-0.3, -0.25) is 5.32 Å². The van der Waals surface area contributed by atoms with E-state index in [1.54, 1.807) is 10.7 Å². The largest absolute Gasteiger partial charge is 0.445 e. The van der Waals surface area contributed by atoms with Gasteiger partial charge in [-0.25, -0.2) is 9.48 Å². The number of ether oxygens (including phenoxy) is 1. The monoisotopic (exact) mass is 433 g/mol. The molecule has 0 saturated carbocycles. The van der Waals surface area contributed by atoms with Crippen molar-refractivity contribution in [3.8, 4) is 5.69 Å². The number of rotatable bonds is 5. The third-order valence-electron chi connectivity index (χ3n) is 3.63. The molecule has 0 bridgehead atoms. The first-order chi connectivity index (χ1) is 12.5. The van der Waals surface area contributed by atoms with Crippen molar-refractivity contribution in [2.45, 2.75) is 36.4 Å². The third-order valence-corrected chi connectivity index (χ3v) is 3.96. The van der Waals surface area contributed by atoms with Crippen molar-refractivity contribution in [3.63, 3.8) is 0 Å². The number of carbonyl (C=O) groups excluding carboxylic acids is 1. The minimum Gasteiger partial charge on any atom is -0.445 e.